The number of aromatic amines is 1. The molecular weight excluding hydrogens is 216 g/mol. The van der Waals surface area contributed by atoms with Crippen molar-refractivity contribution in [2.75, 3.05) is 12.9 Å². The van der Waals surface area contributed by atoms with E-state index in [1.807, 2.05) is 0 Å². The Morgan fingerprint density at radius 3 is 3.29 bits per heavy atom. The van der Waals surface area contributed by atoms with Gasteiger partial charge in [0.1, 0.15) is 10.5 Å². The molecule has 0 unspecified atom stereocenters. The number of aromatic nitrogens is 2. The first kappa shape index (κ1) is 10.1. The molecule has 1 N–H and O–H groups in total. The molecule has 14 heavy (non-hydrogen) atoms. The van der Waals surface area contributed by atoms with Gasteiger partial charge < -0.3 is 9.72 Å². The number of ether oxygens (including phenoxy) is 1. The van der Waals surface area contributed by atoms with E-state index in [-0.39, 0.29) is 0 Å². The number of hydrogen-bond donors (Lipinski definition) is 1. The summed E-state index contributed by atoms with van der Waals surface area (Å²) >= 11 is 6.96. The van der Waals surface area contributed by atoms with Crippen LogP contribution in [0.15, 0.2) is 0 Å². The summed E-state index contributed by atoms with van der Waals surface area (Å²) in [7, 11) is 0. The minimum absolute atomic E-state index is 0.608. The van der Waals surface area contributed by atoms with Gasteiger partial charge in [0.25, 0.3) is 0 Å². The molecule has 76 valence electrons. The highest BCUT2D eigenvalue weighted by molar-refractivity contribution is 7.97. The van der Waals surface area contributed by atoms with E-state index >= 15 is 0 Å². The number of rotatable bonds is 2. The van der Waals surface area contributed by atoms with Crippen LogP contribution >= 0.6 is 24.0 Å². The van der Waals surface area contributed by atoms with Gasteiger partial charge in [0.05, 0.1) is 19.0 Å². The van der Waals surface area contributed by atoms with Crippen LogP contribution in [0.2, 0.25) is 0 Å². The summed E-state index contributed by atoms with van der Waals surface area (Å²) in [5.41, 5.74) is 2.27. The zero-order chi connectivity index (χ0) is 9.97. The molecule has 1 aliphatic rings. The van der Waals surface area contributed by atoms with Crippen LogP contribution in [0, 0.1) is 4.64 Å². The molecule has 0 spiro atoms. The Labute approximate surface area is 92.3 Å². The molecule has 1 aliphatic heterocycles. The maximum atomic E-state index is 5.34. The second kappa shape index (κ2) is 4.42. The Bertz CT molecular complexity index is 389. The van der Waals surface area contributed by atoms with Crippen molar-refractivity contribution in [2.45, 2.75) is 18.8 Å². The van der Waals surface area contributed by atoms with E-state index in [9.17, 15) is 0 Å². The van der Waals surface area contributed by atoms with Gasteiger partial charge in [-0.1, -0.05) is 12.2 Å². The first-order chi connectivity index (χ1) is 6.81. The number of nitrogens with one attached hydrogen (secondary N) is 1. The van der Waals surface area contributed by atoms with Gasteiger partial charge in [0.15, 0.2) is 0 Å². The fraction of sp³-hybridized carbons (Fsp3) is 0.556. The molecule has 0 radical (unpaired) electrons. The second-order valence-corrected chi connectivity index (χ2v) is 4.43. The summed E-state index contributed by atoms with van der Waals surface area (Å²) in [6.07, 6.45) is 2.98. The Hall–Kier alpha value is -0.390. The maximum absolute atomic E-state index is 5.34. The van der Waals surface area contributed by atoms with Crippen molar-refractivity contribution in [1.82, 2.24) is 9.97 Å². The van der Waals surface area contributed by atoms with E-state index in [4.69, 9.17) is 17.0 Å². The summed E-state index contributed by atoms with van der Waals surface area (Å²) in [5.74, 6) is 1.86. The predicted molar refractivity (Wildman–Crippen MR) is 60.0 cm³/mol. The number of H-pyrrole nitrogens is 1. The lowest BCUT2D eigenvalue weighted by Gasteiger charge is -2.16. The smallest absolute Gasteiger partial charge is 0.135 e. The van der Waals surface area contributed by atoms with Gasteiger partial charge in [0.2, 0.25) is 0 Å². The lowest BCUT2D eigenvalue weighted by Crippen LogP contribution is -2.14. The van der Waals surface area contributed by atoms with Crippen molar-refractivity contribution in [3.8, 4) is 0 Å². The quantitative estimate of drug-likeness (QED) is 0.786. The lowest BCUT2D eigenvalue weighted by atomic mass is 10.1. The zero-order valence-electron chi connectivity index (χ0n) is 8.00. The molecule has 0 amide bonds. The fourth-order valence-electron chi connectivity index (χ4n) is 1.51. The maximum Gasteiger partial charge on any atom is 0.135 e. The lowest BCUT2D eigenvalue weighted by molar-refractivity contribution is 0.108. The first-order valence-electron chi connectivity index (χ1n) is 4.49. The zero-order valence-corrected chi connectivity index (χ0v) is 9.63. The van der Waals surface area contributed by atoms with Gasteiger partial charge in [-0.3, -0.25) is 0 Å². The Morgan fingerprint density at radius 1 is 1.64 bits per heavy atom. The first-order valence-corrected chi connectivity index (χ1v) is 6.29. The Kier molecular flexibility index (Phi) is 3.20. The minimum Gasteiger partial charge on any atom is -0.376 e. The molecule has 3 nitrogen and oxygen atoms in total. The van der Waals surface area contributed by atoms with Crippen molar-refractivity contribution < 1.29 is 4.74 Å². The van der Waals surface area contributed by atoms with Gasteiger partial charge in [0, 0.05) is 17.7 Å². The molecule has 0 bridgehead atoms. The molecule has 0 saturated carbocycles. The van der Waals surface area contributed by atoms with Crippen LogP contribution in [-0.4, -0.2) is 22.8 Å². The molecule has 0 aliphatic carbocycles. The van der Waals surface area contributed by atoms with Gasteiger partial charge in [-0.05, 0) is 6.26 Å². The number of thioether (sulfide) groups is 1. The average molecular weight is 228 g/mol. The molecule has 5 heteroatoms. The molecule has 1 aromatic heterocycles. The van der Waals surface area contributed by atoms with Gasteiger partial charge >= 0.3 is 0 Å². The van der Waals surface area contributed by atoms with Crippen molar-refractivity contribution in [2.24, 2.45) is 0 Å². The molecule has 0 saturated heterocycles. The summed E-state index contributed by atoms with van der Waals surface area (Å²) < 4.78 is 6.04. The minimum atomic E-state index is 0.608. The topological polar surface area (TPSA) is 37.9 Å². The van der Waals surface area contributed by atoms with Crippen LogP contribution in [0.4, 0.5) is 0 Å². The van der Waals surface area contributed by atoms with Gasteiger partial charge in [-0.25, -0.2) is 4.98 Å². The van der Waals surface area contributed by atoms with Crippen LogP contribution in [0.5, 0.6) is 0 Å². The monoisotopic (exact) mass is 228 g/mol. The third kappa shape index (κ3) is 1.99. The van der Waals surface area contributed by atoms with Crippen LogP contribution in [0.3, 0.4) is 0 Å². The van der Waals surface area contributed by atoms with E-state index in [2.05, 4.69) is 16.2 Å². The highest BCUT2D eigenvalue weighted by Crippen LogP contribution is 2.16. The van der Waals surface area contributed by atoms with Crippen LogP contribution in [0.1, 0.15) is 17.1 Å². The molecule has 2 rings (SSSR count). The third-order valence-electron chi connectivity index (χ3n) is 2.18. The van der Waals surface area contributed by atoms with E-state index < -0.39 is 0 Å². The highest BCUT2D eigenvalue weighted by atomic mass is 32.2. The Morgan fingerprint density at radius 2 is 2.50 bits per heavy atom. The third-order valence-corrected chi connectivity index (χ3v) is 3.08. The number of hydrogen-bond acceptors (Lipinski definition) is 4. The fourth-order valence-corrected chi connectivity index (χ4v) is 2.21. The highest BCUT2D eigenvalue weighted by Gasteiger charge is 2.13. The van der Waals surface area contributed by atoms with Gasteiger partial charge in [-0.2, -0.15) is 11.8 Å². The average Bonchev–Trinajstić information content (AvgIpc) is 2.18. The van der Waals surface area contributed by atoms with E-state index in [1.54, 1.807) is 11.8 Å². The van der Waals surface area contributed by atoms with Gasteiger partial charge in [-0.15, -0.1) is 0 Å². The predicted octanol–water partition coefficient (Wildman–Crippen LogP) is 2.07. The molecule has 2 heterocycles. The number of fused-ring (bicyclic) bond motifs is 1. The number of nitrogens with zero attached hydrogens (tertiary/aromatic N) is 1. The normalized spacial score (nSPS) is 15.2. The summed E-state index contributed by atoms with van der Waals surface area (Å²) in [5, 5.41) is 0. The summed E-state index contributed by atoms with van der Waals surface area (Å²) in [6.45, 7) is 1.39. The van der Waals surface area contributed by atoms with Crippen LogP contribution in [0.25, 0.3) is 0 Å². The van der Waals surface area contributed by atoms with E-state index in [0.717, 1.165) is 30.2 Å². The Balaban J connectivity index is 2.41. The molecule has 1 aromatic rings. The molecular formula is C9H12N2OS2. The van der Waals surface area contributed by atoms with E-state index in [1.165, 1.54) is 5.69 Å². The van der Waals surface area contributed by atoms with E-state index in [0.29, 0.717) is 11.2 Å². The van der Waals surface area contributed by atoms with Crippen LogP contribution in [-0.2, 0) is 23.5 Å². The second-order valence-electron chi connectivity index (χ2n) is 3.18. The largest absolute Gasteiger partial charge is 0.376 e. The van der Waals surface area contributed by atoms with Crippen molar-refractivity contribution in [3.63, 3.8) is 0 Å². The van der Waals surface area contributed by atoms with Crippen molar-refractivity contribution in [3.05, 3.63) is 21.7 Å². The SMILES string of the molecule is CSCc1nc(=S)c2c([nH]1)CCOC2. The standard InChI is InChI=1S/C9H12N2OS2/c1-14-5-8-10-7-2-3-12-4-6(7)9(13)11-8/h2-5H2,1H3,(H,10,11,13). The van der Waals surface area contributed by atoms with Crippen molar-refractivity contribution >= 4 is 24.0 Å². The summed E-state index contributed by atoms with van der Waals surface area (Å²) in [4.78, 5) is 7.66. The molecule has 0 atom stereocenters. The molecule has 0 aromatic carbocycles. The van der Waals surface area contributed by atoms with Crippen molar-refractivity contribution in [1.29, 1.82) is 0 Å². The van der Waals surface area contributed by atoms with Crippen LogP contribution < -0.4 is 0 Å². The summed E-state index contributed by atoms with van der Waals surface area (Å²) in [6, 6.07) is 0. The molecule has 0 fully saturated rings.